The lowest BCUT2D eigenvalue weighted by atomic mass is 10.1. The fraction of sp³-hybridized carbons (Fsp3) is 0. The average Bonchev–Trinajstić information content (AvgIpc) is 2.17. The maximum Gasteiger partial charge on any atom is 0.377 e. The first kappa shape index (κ1) is 9.86. The first-order valence-electron chi connectivity index (χ1n) is 3.53. The van der Waals surface area contributed by atoms with Crippen LogP contribution in [0.25, 0.3) is 0 Å². The van der Waals surface area contributed by atoms with Crippen molar-refractivity contribution in [3.8, 4) is 6.07 Å². The van der Waals surface area contributed by atoms with Crippen molar-refractivity contribution in [1.29, 1.82) is 5.26 Å². The first-order chi connectivity index (χ1) is 6.56. The number of hydrogen-bond donors (Lipinski definition) is 1. The monoisotopic (exact) mass is 193 g/mol. The van der Waals surface area contributed by atoms with Crippen molar-refractivity contribution in [1.82, 2.24) is 0 Å². The number of rotatable bonds is 2. The van der Waals surface area contributed by atoms with Gasteiger partial charge in [0.05, 0.1) is 5.56 Å². The highest BCUT2D eigenvalue weighted by molar-refractivity contribution is 6.39. The number of carbonyl (C=O) groups is 2. The summed E-state index contributed by atoms with van der Waals surface area (Å²) >= 11 is 0. The summed E-state index contributed by atoms with van der Waals surface area (Å²) in [4.78, 5) is 21.2. The molecule has 0 aliphatic rings. The Balaban J connectivity index is 3.21. The number of nitrogens with zero attached hydrogens (tertiary/aromatic N) is 1. The molecule has 0 aliphatic heterocycles. The van der Waals surface area contributed by atoms with Crippen molar-refractivity contribution in [2.24, 2.45) is 0 Å². The van der Waals surface area contributed by atoms with E-state index in [9.17, 15) is 14.0 Å². The molecule has 1 aromatic rings. The summed E-state index contributed by atoms with van der Waals surface area (Å²) in [5.74, 6) is -3.59. The zero-order valence-electron chi connectivity index (χ0n) is 6.82. The van der Waals surface area contributed by atoms with Crippen LogP contribution in [0.4, 0.5) is 4.39 Å². The summed E-state index contributed by atoms with van der Waals surface area (Å²) in [7, 11) is 0. The number of ketones is 1. The molecule has 0 aliphatic carbocycles. The molecular formula is C9H4FNO3. The number of benzene rings is 1. The number of carboxylic acids is 1. The van der Waals surface area contributed by atoms with Gasteiger partial charge in [0.1, 0.15) is 11.9 Å². The van der Waals surface area contributed by atoms with Crippen molar-refractivity contribution in [3.63, 3.8) is 0 Å². The minimum Gasteiger partial charge on any atom is -0.475 e. The van der Waals surface area contributed by atoms with Gasteiger partial charge in [-0.1, -0.05) is 0 Å². The number of carboxylic acid groups (broad SMARTS) is 1. The van der Waals surface area contributed by atoms with E-state index >= 15 is 0 Å². The van der Waals surface area contributed by atoms with Gasteiger partial charge in [-0.15, -0.1) is 0 Å². The summed E-state index contributed by atoms with van der Waals surface area (Å²) in [5.41, 5.74) is -0.562. The lowest BCUT2D eigenvalue weighted by Crippen LogP contribution is -2.12. The lowest BCUT2D eigenvalue weighted by Gasteiger charge is -1.97. The van der Waals surface area contributed by atoms with E-state index in [0.29, 0.717) is 0 Å². The third kappa shape index (κ3) is 1.75. The molecule has 0 radical (unpaired) electrons. The summed E-state index contributed by atoms with van der Waals surface area (Å²) < 4.78 is 12.8. The van der Waals surface area contributed by atoms with Crippen LogP contribution in [0.5, 0.6) is 0 Å². The van der Waals surface area contributed by atoms with Gasteiger partial charge < -0.3 is 5.11 Å². The highest BCUT2D eigenvalue weighted by Crippen LogP contribution is 2.10. The molecule has 1 rings (SSSR count). The van der Waals surface area contributed by atoms with Gasteiger partial charge in [-0.3, -0.25) is 4.79 Å². The van der Waals surface area contributed by atoms with E-state index in [4.69, 9.17) is 10.4 Å². The van der Waals surface area contributed by atoms with Crippen LogP contribution in [0.3, 0.4) is 0 Å². The van der Waals surface area contributed by atoms with E-state index in [0.717, 1.165) is 18.2 Å². The van der Waals surface area contributed by atoms with E-state index in [2.05, 4.69) is 0 Å². The third-order valence-corrected chi connectivity index (χ3v) is 1.54. The molecule has 4 nitrogen and oxygen atoms in total. The molecule has 14 heavy (non-hydrogen) atoms. The Morgan fingerprint density at radius 1 is 1.43 bits per heavy atom. The van der Waals surface area contributed by atoms with E-state index in [-0.39, 0.29) is 11.1 Å². The van der Waals surface area contributed by atoms with Crippen LogP contribution in [0.15, 0.2) is 18.2 Å². The molecule has 0 heterocycles. The predicted molar refractivity (Wildman–Crippen MR) is 43.1 cm³/mol. The van der Waals surface area contributed by atoms with Gasteiger partial charge in [0.15, 0.2) is 0 Å². The molecule has 0 spiro atoms. The van der Waals surface area contributed by atoms with Crippen molar-refractivity contribution >= 4 is 11.8 Å². The van der Waals surface area contributed by atoms with E-state index in [1.807, 2.05) is 0 Å². The molecule has 0 atom stereocenters. The molecule has 0 saturated carbocycles. The van der Waals surface area contributed by atoms with Crippen molar-refractivity contribution < 1.29 is 19.1 Å². The second-order valence-corrected chi connectivity index (χ2v) is 2.44. The van der Waals surface area contributed by atoms with E-state index < -0.39 is 17.6 Å². The third-order valence-electron chi connectivity index (χ3n) is 1.54. The predicted octanol–water partition coefficient (Wildman–Crippen LogP) is 0.965. The number of Topliss-reactive ketones (excluding diaryl/α,β-unsaturated/α-hetero) is 1. The molecular weight excluding hydrogens is 189 g/mol. The van der Waals surface area contributed by atoms with E-state index in [1.54, 1.807) is 0 Å². The Bertz CT molecular complexity index is 448. The summed E-state index contributed by atoms with van der Waals surface area (Å²) in [6, 6.07) is 4.32. The maximum atomic E-state index is 12.8. The Morgan fingerprint density at radius 2 is 2.07 bits per heavy atom. The number of hydrogen-bond acceptors (Lipinski definition) is 3. The van der Waals surface area contributed by atoms with Crippen molar-refractivity contribution in [3.05, 3.63) is 35.1 Å². The zero-order chi connectivity index (χ0) is 10.7. The van der Waals surface area contributed by atoms with Gasteiger partial charge in [0.25, 0.3) is 5.78 Å². The van der Waals surface area contributed by atoms with Crippen LogP contribution in [-0.4, -0.2) is 16.9 Å². The normalized spacial score (nSPS) is 9.14. The fourth-order valence-electron chi connectivity index (χ4n) is 0.876. The van der Waals surface area contributed by atoms with Crippen LogP contribution in [-0.2, 0) is 4.79 Å². The van der Waals surface area contributed by atoms with Gasteiger partial charge in [0, 0.05) is 5.56 Å². The Hall–Kier alpha value is -2.22. The largest absolute Gasteiger partial charge is 0.475 e. The number of halogens is 1. The maximum absolute atomic E-state index is 12.8. The molecule has 0 bridgehead atoms. The zero-order valence-corrected chi connectivity index (χ0v) is 6.82. The van der Waals surface area contributed by atoms with Gasteiger partial charge in [-0.25, -0.2) is 9.18 Å². The average molecular weight is 193 g/mol. The molecule has 0 amide bonds. The fourth-order valence-corrected chi connectivity index (χ4v) is 0.876. The standard InChI is InChI=1S/C9H4FNO3/c10-7-2-1-5(3-6(7)4-11)8(12)9(13)14/h1-3H,(H,13,14). The second kappa shape index (κ2) is 3.66. The smallest absolute Gasteiger partial charge is 0.377 e. The number of carbonyl (C=O) groups excluding carboxylic acids is 1. The summed E-state index contributed by atoms with van der Waals surface area (Å²) in [5, 5.41) is 16.8. The van der Waals surface area contributed by atoms with Crippen LogP contribution < -0.4 is 0 Å². The molecule has 0 fully saturated rings. The molecule has 70 valence electrons. The van der Waals surface area contributed by atoms with Crippen molar-refractivity contribution in [2.75, 3.05) is 0 Å². The van der Waals surface area contributed by atoms with Crippen molar-refractivity contribution in [2.45, 2.75) is 0 Å². The topological polar surface area (TPSA) is 78.2 Å². The molecule has 1 N–H and O–H groups in total. The summed E-state index contributed by atoms with van der Waals surface area (Å²) in [6.07, 6.45) is 0. The minimum absolute atomic E-state index is 0.213. The Labute approximate surface area is 78.2 Å². The summed E-state index contributed by atoms with van der Waals surface area (Å²) in [6.45, 7) is 0. The molecule has 0 aromatic heterocycles. The van der Waals surface area contributed by atoms with Crippen LogP contribution in [0.1, 0.15) is 15.9 Å². The Morgan fingerprint density at radius 3 is 2.57 bits per heavy atom. The SMILES string of the molecule is N#Cc1cc(C(=O)C(=O)O)ccc1F. The minimum atomic E-state index is -1.64. The first-order valence-corrected chi connectivity index (χ1v) is 3.53. The molecule has 5 heteroatoms. The lowest BCUT2D eigenvalue weighted by molar-refractivity contribution is -0.131. The Kier molecular flexibility index (Phi) is 2.58. The van der Waals surface area contributed by atoms with Gasteiger partial charge in [-0.2, -0.15) is 5.26 Å². The van der Waals surface area contributed by atoms with E-state index in [1.165, 1.54) is 6.07 Å². The molecule has 1 aromatic carbocycles. The van der Waals surface area contributed by atoms with Crippen LogP contribution in [0.2, 0.25) is 0 Å². The highest BCUT2D eigenvalue weighted by Gasteiger charge is 2.15. The highest BCUT2D eigenvalue weighted by atomic mass is 19.1. The van der Waals surface area contributed by atoms with Gasteiger partial charge >= 0.3 is 5.97 Å². The molecule has 0 unspecified atom stereocenters. The number of nitriles is 1. The van der Waals surface area contributed by atoms with Crippen LogP contribution in [0, 0.1) is 17.1 Å². The van der Waals surface area contributed by atoms with Crippen LogP contribution >= 0.6 is 0 Å². The quantitative estimate of drug-likeness (QED) is 0.560. The second-order valence-electron chi connectivity index (χ2n) is 2.44. The number of aliphatic carboxylic acids is 1. The van der Waals surface area contributed by atoms with Gasteiger partial charge in [0.2, 0.25) is 0 Å². The van der Waals surface area contributed by atoms with Gasteiger partial charge in [-0.05, 0) is 18.2 Å². The molecule has 0 saturated heterocycles.